The highest BCUT2D eigenvalue weighted by Crippen LogP contribution is 2.33. The highest BCUT2D eigenvalue weighted by atomic mass is 32.1. The van der Waals surface area contributed by atoms with Gasteiger partial charge in [-0.1, -0.05) is 18.2 Å². The van der Waals surface area contributed by atoms with E-state index in [-0.39, 0.29) is 11.7 Å². The van der Waals surface area contributed by atoms with Gasteiger partial charge in [0.25, 0.3) is 5.91 Å². The molecular weight excluding hydrogens is 511 g/mol. The summed E-state index contributed by atoms with van der Waals surface area (Å²) in [5.74, 6) is 0.899. The summed E-state index contributed by atoms with van der Waals surface area (Å²) in [6.45, 7) is 2.54. The highest BCUT2D eigenvalue weighted by molar-refractivity contribution is 7.15. The maximum Gasteiger partial charge on any atom is 0.255 e. The maximum atomic E-state index is 13.5. The van der Waals surface area contributed by atoms with Gasteiger partial charge in [-0.15, -0.1) is 11.3 Å². The van der Waals surface area contributed by atoms with E-state index in [4.69, 9.17) is 0 Å². The molecule has 1 amide bonds. The average Bonchev–Trinajstić information content (AvgIpc) is 3.65. The standard InChI is InChI=1S/C30H27FN6OS/c1-18-13-19(4-9-25(18)31)15-34-30(38)23-3-2-12-32-28(23)33-16-22-8-11-27(39-22)20-5-10-26-24(14-20)29(36-17-35-26)37-21-6-7-21/h2-5,8-14,17,21H,6-7,15-16H2,1H3,(H,32,33)(H,34,38)(H,35,36,37). The average molecular weight is 539 g/mol. The maximum absolute atomic E-state index is 13.5. The fourth-order valence-corrected chi connectivity index (χ4v) is 5.31. The van der Waals surface area contributed by atoms with Crippen molar-refractivity contribution in [3.8, 4) is 10.4 Å². The number of rotatable bonds is 9. The van der Waals surface area contributed by atoms with Gasteiger partial charge in [0.05, 0.1) is 17.6 Å². The summed E-state index contributed by atoms with van der Waals surface area (Å²) in [5, 5.41) is 10.8. The molecule has 1 saturated carbocycles. The normalized spacial score (nSPS) is 12.9. The second kappa shape index (κ2) is 10.8. The number of hydrogen-bond acceptors (Lipinski definition) is 7. The third-order valence-electron chi connectivity index (χ3n) is 6.66. The predicted octanol–water partition coefficient (Wildman–Crippen LogP) is 6.32. The minimum absolute atomic E-state index is 0.242. The van der Waals surface area contributed by atoms with E-state index >= 15 is 0 Å². The number of benzene rings is 2. The number of anilines is 2. The topological polar surface area (TPSA) is 91.8 Å². The van der Waals surface area contributed by atoms with Crippen LogP contribution in [0.2, 0.25) is 0 Å². The molecule has 0 radical (unpaired) electrons. The third-order valence-corrected chi connectivity index (χ3v) is 7.79. The fraction of sp³-hybridized carbons (Fsp3) is 0.200. The first-order chi connectivity index (χ1) is 19.0. The van der Waals surface area contributed by atoms with E-state index in [1.54, 1.807) is 55.1 Å². The Hall–Kier alpha value is -4.37. The van der Waals surface area contributed by atoms with Gasteiger partial charge in [-0.2, -0.15) is 0 Å². The van der Waals surface area contributed by atoms with Crippen molar-refractivity contribution in [3.63, 3.8) is 0 Å². The Morgan fingerprint density at radius 3 is 2.74 bits per heavy atom. The molecule has 3 heterocycles. The van der Waals surface area contributed by atoms with Gasteiger partial charge >= 0.3 is 0 Å². The van der Waals surface area contributed by atoms with Crippen LogP contribution in [-0.2, 0) is 13.1 Å². The van der Waals surface area contributed by atoms with Gasteiger partial charge in [-0.05, 0) is 78.9 Å². The van der Waals surface area contributed by atoms with Crippen molar-refractivity contribution in [1.82, 2.24) is 20.3 Å². The molecule has 39 heavy (non-hydrogen) atoms. The number of nitrogens with zero attached hydrogens (tertiary/aromatic N) is 3. The van der Waals surface area contributed by atoms with E-state index in [0.29, 0.717) is 36.1 Å². The molecule has 9 heteroatoms. The largest absolute Gasteiger partial charge is 0.367 e. The van der Waals surface area contributed by atoms with E-state index < -0.39 is 0 Å². The number of thiophene rings is 1. The van der Waals surface area contributed by atoms with E-state index in [2.05, 4.69) is 55.2 Å². The first kappa shape index (κ1) is 24.9. The molecule has 0 unspecified atom stereocenters. The minimum atomic E-state index is -0.259. The smallest absolute Gasteiger partial charge is 0.255 e. The van der Waals surface area contributed by atoms with Crippen LogP contribution in [0.25, 0.3) is 21.3 Å². The first-order valence-corrected chi connectivity index (χ1v) is 13.7. The molecule has 2 aromatic carbocycles. The fourth-order valence-electron chi connectivity index (χ4n) is 4.37. The zero-order valence-corrected chi connectivity index (χ0v) is 22.2. The third kappa shape index (κ3) is 5.73. The number of halogens is 1. The number of hydrogen-bond donors (Lipinski definition) is 3. The van der Waals surface area contributed by atoms with Crippen LogP contribution in [0.4, 0.5) is 16.0 Å². The molecule has 0 bridgehead atoms. The summed E-state index contributed by atoms with van der Waals surface area (Å²) in [6, 6.07) is 19.3. The highest BCUT2D eigenvalue weighted by Gasteiger charge is 2.22. The predicted molar refractivity (Wildman–Crippen MR) is 153 cm³/mol. The minimum Gasteiger partial charge on any atom is -0.367 e. The molecule has 0 atom stereocenters. The summed E-state index contributed by atoms with van der Waals surface area (Å²) in [7, 11) is 0. The lowest BCUT2D eigenvalue weighted by molar-refractivity contribution is 0.0951. The van der Waals surface area contributed by atoms with Crippen LogP contribution < -0.4 is 16.0 Å². The van der Waals surface area contributed by atoms with Crippen LogP contribution in [0.1, 0.15) is 39.2 Å². The molecule has 3 aromatic heterocycles. The Kier molecular flexibility index (Phi) is 6.89. The molecule has 3 N–H and O–H groups in total. The molecular formula is C30H27FN6OS. The second-order valence-corrected chi connectivity index (χ2v) is 10.8. The molecule has 5 aromatic rings. The van der Waals surface area contributed by atoms with Gasteiger partial charge < -0.3 is 16.0 Å². The Balaban J connectivity index is 1.13. The van der Waals surface area contributed by atoms with Crippen LogP contribution in [-0.4, -0.2) is 26.9 Å². The zero-order valence-electron chi connectivity index (χ0n) is 21.4. The summed E-state index contributed by atoms with van der Waals surface area (Å²) in [6.07, 6.45) is 5.63. The summed E-state index contributed by atoms with van der Waals surface area (Å²) in [4.78, 5) is 28.5. The lowest BCUT2D eigenvalue weighted by atomic mass is 10.1. The zero-order chi connectivity index (χ0) is 26.8. The molecule has 6 rings (SSSR count). The van der Waals surface area contributed by atoms with Crippen molar-refractivity contribution in [3.05, 3.63) is 101 Å². The lowest BCUT2D eigenvalue weighted by Crippen LogP contribution is -2.24. The second-order valence-electron chi connectivity index (χ2n) is 9.66. The van der Waals surface area contributed by atoms with Crippen molar-refractivity contribution in [2.45, 2.75) is 38.9 Å². The van der Waals surface area contributed by atoms with Crippen LogP contribution in [0.15, 0.2) is 73.2 Å². The van der Waals surface area contributed by atoms with E-state index in [9.17, 15) is 9.18 Å². The molecule has 0 aliphatic heterocycles. The van der Waals surface area contributed by atoms with E-state index in [0.717, 1.165) is 37.6 Å². The van der Waals surface area contributed by atoms with Crippen molar-refractivity contribution >= 4 is 39.8 Å². The number of fused-ring (bicyclic) bond motifs is 1. The van der Waals surface area contributed by atoms with Crippen LogP contribution in [0.3, 0.4) is 0 Å². The molecule has 1 aliphatic carbocycles. The quantitative estimate of drug-likeness (QED) is 0.204. The van der Waals surface area contributed by atoms with E-state index in [1.807, 2.05) is 6.07 Å². The van der Waals surface area contributed by atoms with Crippen LogP contribution in [0, 0.1) is 12.7 Å². The molecule has 7 nitrogen and oxygen atoms in total. The van der Waals surface area contributed by atoms with Crippen molar-refractivity contribution in [2.75, 3.05) is 10.6 Å². The number of carbonyl (C=O) groups excluding carboxylic acids is 1. The summed E-state index contributed by atoms with van der Waals surface area (Å²) < 4.78 is 13.5. The van der Waals surface area contributed by atoms with Gasteiger partial charge in [0, 0.05) is 33.9 Å². The summed E-state index contributed by atoms with van der Waals surface area (Å²) >= 11 is 1.69. The first-order valence-electron chi connectivity index (χ1n) is 12.9. The van der Waals surface area contributed by atoms with Gasteiger partial charge in [-0.25, -0.2) is 19.3 Å². The monoisotopic (exact) mass is 538 g/mol. The van der Waals surface area contributed by atoms with Crippen LogP contribution in [0.5, 0.6) is 0 Å². The molecule has 1 fully saturated rings. The Bertz CT molecular complexity index is 1660. The lowest BCUT2D eigenvalue weighted by Gasteiger charge is -2.11. The van der Waals surface area contributed by atoms with Crippen molar-refractivity contribution < 1.29 is 9.18 Å². The number of nitrogens with one attached hydrogen (secondary N) is 3. The van der Waals surface area contributed by atoms with Gasteiger partial charge in [0.1, 0.15) is 23.8 Å². The molecule has 0 saturated heterocycles. The molecule has 0 spiro atoms. The Morgan fingerprint density at radius 1 is 1.00 bits per heavy atom. The number of amides is 1. The SMILES string of the molecule is Cc1cc(CNC(=O)c2cccnc2NCc2ccc(-c3ccc4ncnc(NC5CC5)c4c3)s2)ccc1F. The van der Waals surface area contributed by atoms with Gasteiger partial charge in [-0.3, -0.25) is 4.79 Å². The van der Waals surface area contributed by atoms with Gasteiger partial charge in [0.15, 0.2) is 0 Å². The molecule has 1 aliphatic rings. The number of pyridine rings is 1. The van der Waals surface area contributed by atoms with E-state index in [1.165, 1.54) is 18.9 Å². The van der Waals surface area contributed by atoms with Crippen molar-refractivity contribution in [2.24, 2.45) is 0 Å². The number of aryl methyl sites for hydroxylation is 1. The summed E-state index contributed by atoms with van der Waals surface area (Å²) in [5.41, 5.74) is 3.88. The Labute approximate surface area is 229 Å². The number of aromatic nitrogens is 3. The number of carbonyl (C=O) groups is 1. The van der Waals surface area contributed by atoms with Crippen molar-refractivity contribution in [1.29, 1.82) is 0 Å². The van der Waals surface area contributed by atoms with Gasteiger partial charge in [0.2, 0.25) is 0 Å². The van der Waals surface area contributed by atoms with Crippen LogP contribution >= 0.6 is 11.3 Å². The molecule has 196 valence electrons. The Morgan fingerprint density at radius 2 is 1.90 bits per heavy atom.